The van der Waals surface area contributed by atoms with E-state index in [1.165, 1.54) is 5.56 Å². The molecular formula is C15H16BrClN4. The zero-order valence-electron chi connectivity index (χ0n) is 12.2. The molecule has 2 heterocycles. The minimum absolute atomic E-state index is 0.544. The molecule has 0 aliphatic carbocycles. The Labute approximate surface area is 136 Å². The standard InChI is InChI=1S/C15H16BrClN4/c1-9-4-5-11(8-12(9)16)21-13(6-7-17)18-14-10(2)19-20(3)15(14)21/h4-5,8H,6-7H2,1-3H3. The van der Waals surface area contributed by atoms with Gasteiger partial charge in [0.2, 0.25) is 0 Å². The van der Waals surface area contributed by atoms with Gasteiger partial charge in [0.05, 0.1) is 5.69 Å². The molecule has 0 atom stereocenters. The minimum Gasteiger partial charge on any atom is -0.281 e. The molecule has 110 valence electrons. The van der Waals surface area contributed by atoms with Gasteiger partial charge in [-0.2, -0.15) is 5.10 Å². The molecule has 3 rings (SSSR count). The number of halogens is 2. The van der Waals surface area contributed by atoms with Crippen LogP contribution in [0.3, 0.4) is 0 Å². The Morgan fingerprint density at radius 3 is 2.71 bits per heavy atom. The monoisotopic (exact) mass is 366 g/mol. The van der Waals surface area contributed by atoms with Gasteiger partial charge in [0.15, 0.2) is 5.65 Å². The van der Waals surface area contributed by atoms with Crippen molar-refractivity contribution < 1.29 is 0 Å². The Hall–Kier alpha value is -1.33. The van der Waals surface area contributed by atoms with Crippen molar-refractivity contribution in [2.45, 2.75) is 20.3 Å². The van der Waals surface area contributed by atoms with Crippen LogP contribution in [0.1, 0.15) is 17.1 Å². The highest BCUT2D eigenvalue weighted by atomic mass is 79.9. The van der Waals surface area contributed by atoms with E-state index < -0.39 is 0 Å². The number of hydrogen-bond acceptors (Lipinski definition) is 2. The second kappa shape index (κ2) is 5.46. The van der Waals surface area contributed by atoms with Crippen LogP contribution >= 0.6 is 27.5 Å². The molecule has 0 saturated heterocycles. The molecule has 4 nitrogen and oxygen atoms in total. The molecule has 0 N–H and O–H groups in total. The molecule has 2 aromatic heterocycles. The highest BCUT2D eigenvalue weighted by Gasteiger charge is 2.18. The summed E-state index contributed by atoms with van der Waals surface area (Å²) in [4.78, 5) is 4.73. The Morgan fingerprint density at radius 1 is 1.29 bits per heavy atom. The maximum Gasteiger partial charge on any atom is 0.163 e. The number of nitrogens with zero attached hydrogens (tertiary/aromatic N) is 4. The second-order valence-electron chi connectivity index (χ2n) is 5.12. The molecule has 0 bridgehead atoms. The lowest BCUT2D eigenvalue weighted by molar-refractivity contribution is 0.750. The van der Waals surface area contributed by atoms with Crippen LogP contribution in [0.5, 0.6) is 0 Å². The Bertz CT molecular complexity index is 819. The van der Waals surface area contributed by atoms with E-state index in [9.17, 15) is 0 Å². The van der Waals surface area contributed by atoms with Crippen molar-refractivity contribution in [3.8, 4) is 5.69 Å². The molecule has 0 aliphatic rings. The molecule has 0 unspecified atom stereocenters. The van der Waals surface area contributed by atoms with Crippen molar-refractivity contribution >= 4 is 38.7 Å². The quantitative estimate of drug-likeness (QED) is 0.658. The summed E-state index contributed by atoms with van der Waals surface area (Å²) in [6, 6.07) is 6.30. The highest BCUT2D eigenvalue weighted by Crippen LogP contribution is 2.27. The van der Waals surface area contributed by atoms with Gasteiger partial charge in [0, 0.05) is 29.5 Å². The third-order valence-corrected chi connectivity index (χ3v) is 4.65. The van der Waals surface area contributed by atoms with Crippen molar-refractivity contribution in [2.75, 3.05) is 5.88 Å². The number of hydrogen-bond donors (Lipinski definition) is 0. The van der Waals surface area contributed by atoms with Gasteiger partial charge in [-0.3, -0.25) is 4.57 Å². The fraction of sp³-hybridized carbons (Fsp3) is 0.333. The van der Waals surface area contributed by atoms with Gasteiger partial charge in [0.25, 0.3) is 0 Å². The minimum atomic E-state index is 0.544. The number of benzene rings is 1. The number of rotatable bonds is 3. The number of fused-ring (bicyclic) bond motifs is 1. The van der Waals surface area contributed by atoms with Crippen molar-refractivity contribution in [1.29, 1.82) is 0 Å². The van der Waals surface area contributed by atoms with Gasteiger partial charge in [0.1, 0.15) is 11.3 Å². The van der Waals surface area contributed by atoms with E-state index in [1.54, 1.807) is 0 Å². The number of aryl methyl sites for hydroxylation is 4. The van der Waals surface area contributed by atoms with Gasteiger partial charge in [-0.1, -0.05) is 22.0 Å². The van der Waals surface area contributed by atoms with Crippen LogP contribution in [0.25, 0.3) is 16.9 Å². The van der Waals surface area contributed by atoms with E-state index in [2.05, 4.69) is 50.7 Å². The summed E-state index contributed by atoms with van der Waals surface area (Å²) >= 11 is 9.54. The number of imidazole rings is 1. The smallest absolute Gasteiger partial charge is 0.163 e. The third kappa shape index (κ3) is 2.38. The SMILES string of the molecule is Cc1ccc(-n2c(CCCl)nc3c(C)nn(C)c32)cc1Br. The zero-order valence-corrected chi connectivity index (χ0v) is 14.5. The first-order valence-corrected chi connectivity index (χ1v) is 8.09. The summed E-state index contributed by atoms with van der Waals surface area (Å²) in [5.41, 5.74) is 5.15. The average Bonchev–Trinajstić information content (AvgIpc) is 2.93. The zero-order chi connectivity index (χ0) is 15.1. The van der Waals surface area contributed by atoms with Crippen LogP contribution in [-0.2, 0) is 13.5 Å². The van der Waals surface area contributed by atoms with E-state index in [-0.39, 0.29) is 0 Å². The molecule has 6 heteroatoms. The topological polar surface area (TPSA) is 35.6 Å². The molecule has 21 heavy (non-hydrogen) atoms. The summed E-state index contributed by atoms with van der Waals surface area (Å²) in [7, 11) is 1.95. The van der Waals surface area contributed by atoms with Crippen molar-refractivity contribution in [3.05, 3.63) is 39.8 Å². The lowest BCUT2D eigenvalue weighted by atomic mass is 10.2. The van der Waals surface area contributed by atoms with Crippen molar-refractivity contribution in [2.24, 2.45) is 7.05 Å². The van der Waals surface area contributed by atoms with Crippen LogP contribution in [0.2, 0.25) is 0 Å². The molecule has 3 aromatic rings. The Kier molecular flexibility index (Phi) is 3.80. The molecule has 0 saturated carbocycles. The predicted octanol–water partition coefficient (Wildman–Crippen LogP) is 3.92. The van der Waals surface area contributed by atoms with Gasteiger partial charge in [-0.15, -0.1) is 11.6 Å². The lowest BCUT2D eigenvalue weighted by Gasteiger charge is -2.10. The van der Waals surface area contributed by atoms with E-state index in [0.717, 1.165) is 39.3 Å². The summed E-state index contributed by atoms with van der Waals surface area (Å²) in [6.07, 6.45) is 0.723. The first-order chi connectivity index (χ1) is 10.0. The summed E-state index contributed by atoms with van der Waals surface area (Å²) in [6.45, 7) is 4.06. The fourth-order valence-corrected chi connectivity index (χ4v) is 3.10. The molecular weight excluding hydrogens is 352 g/mol. The van der Waals surface area contributed by atoms with E-state index in [4.69, 9.17) is 16.6 Å². The molecule has 0 spiro atoms. The fourth-order valence-electron chi connectivity index (χ4n) is 2.56. The maximum atomic E-state index is 5.94. The Balaban J connectivity index is 2.32. The van der Waals surface area contributed by atoms with Gasteiger partial charge in [-0.25, -0.2) is 9.67 Å². The normalized spacial score (nSPS) is 11.5. The lowest BCUT2D eigenvalue weighted by Crippen LogP contribution is -2.06. The van der Waals surface area contributed by atoms with E-state index >= 15 is 0 Å². The summed E-state index contributed by atoms with van der Waals surface area (Å²) in [5.74, 6) is 1.51. The van der Waals surface area contributed by atoms with Crippen LogP contribution in [-0.4, -0.2) is 25.2 Å². The molecule has 0 amide bonds. The molecule has 0 radical (unpaired) electrons. The first-order valence-electron chi connectivity index (χ1n) is 6.76. The largest absolute Gasteiger partial charge is 0.281 e. The number of alkyl halides is 1. The maximum absolute atomic E-state index is 5.94. The van der Waals surface area contributed by atoms with Crippen LogP contribution in [0.4, 0.5) is 0 Å². The highest BCUT2D eigenvalue weighted by molar-refractivity contribution is 9.10. The molecule has 1 aromatic carbocycles. The van der Waals surface area contributed by atoms with Crippen molar-refractivity contribution in [3.63, 3.8) is 0 Å². The molecule has 0 aliphatic heterocycles. The van der Waals surface area contributed by atoms with E-state index in [0.29, 0.717) is 5.88 Å². The van der Waals surface area contributed by atoms with Crippen LogP contribution in [0, 0.1) is 13.8 Å². The Morgan fingerprint density at radius 2 is 2.05 bits per heavy atom. The van der Waals surface area contributed by atoms with Gasteiger partial charge >= 0.3 is 0 Å². The van der Waals surface area contributed by atoms with Gasteiger partial charge in [-0.05, 0) is 31.5 Å². The number of aromatic nitrogens is 4. The molecule has 0 fully saturated rings. The van der Waals surface area contributed by atoms with Gasteiger partial charge < -0.3 is 0 Å². The van der Waals surface area contributed by atoms with Crippen molar-refractivity contribution in [1.82, 2.24) is 19.3 Å². The first kappa shape index (κ1) is 14.6. The summed E-state index contributed by atoms with van der Waals surface area (Å²) < 4.78 is 5.10. The van der Waals surface area contributed by atoms with E-state index in [1.807, 2.05) is 18.7 Å². The summed E-state index contributed by atoms with van der Waals surface area (Å²) in [5, 5.41) is 4.47. The van der Waals surface area contributed by atoms with Crippen LogP contribution in [0.15, 0.2) is 22.7 Å². The third-order valence-electron chi connectivity index (χ3n) is 3.60. The van der Waals surface area contributed by atoms with Crippen LogP contribution < -0.4 is 0 Å². The average molecular weight is 368 g/mol. The second-order valence-corrected chi connectivity index (χ2v) is 6.35. The predicted molar refractivity (Wildman–Crippen MR) is 89.4 cm³/mol.